The summed E-state index contributed by atoms with van der Waals surface area (Å²) < 4.78 is 11.5. The van der Waals surface area contributed by atoms with Gasteiger partial charge in [0.15, 0.2) is 40.6 Å². The van der Waals surface area contributed by atoms with Gasteiger partial charge in [-0.2, -0.15) is 0 Å². The van der Waals surface area contributed by atoms with Gasteiger partial charge in [0.25, 0.3) is 0 Å². The first-order valence-electron chi connectivity index (χ1n) is 11.9. The number of esters is 1. The molecule has 0 radical (unpaired) electrons. The van der Waals surface area contributed by atoms with E-state index in [0.717, 1.165) is 36.4 Å². The van der Waals surface area contributed by atoms with E-state index in [0.29, 0.717) is 6.07 Å². The molecule has 1 aliphatic rings. The molecule has 9 N–H and O–H groups in total. The molecule has 4 aromatic rings. The SMILES string of the molecule is O=C(O)c1cc(=O)c(O)c2c(O)c(O)cc(C3Oc4cc(O)cc(O)c4CC3OC(=O)c3cc(O)c(O)c(O)c3)c2c1. The summed E-state index contributed by atoms with van der Waals surface area (Å²) in [6, 6.07) is 6.14. The van der Waals surface area contributed by atoms with Gasteiger partial charge in [0.2, 0.25) is 5.43 Å². The van der Waals surface area contributed by atoms with E-state index in [9.17, 15) is 60.3 Å². The second-order valence-corrected chi connectivity index (χ2v) is 9.38. The summed E-state index contributed by atoms with van der Waals surface area (Å²) in [5.41, 5.74) is -2.38. The number of aromatic carboxylic acids is 1. The van der Waals surface area contributed by atoms with Crippen molar-refractivity contribution in [3.05, 3.63) is 74.9 Å². The highest BCUT2D eigenvalue weighted by Crippen LogP contribution is 2.48. The molecule has 0 spiro atoms. The zero-order valence-corrected chi connectivity index (χ0v) is 21.0. The maximum absolute atomic E-state index is 13.1. The summed E-state index contributed by atoms with van der Waals surface area (Å²) in [4.78, 5) is 37.4. The quantitative estimate of drug-likeness (QED) is 0.124. The van der Waals surface area contributed by atoms with E-state index in [2.05, 4.69) is 0 Å². The molecule has 0 saturated carbocycles. The first-order valence-corrected chi connectivity index (χ1v) is 11.9. The van der Waals surface area contributed by atoms with Crippen molar-refractivity contribution >= 4 is 22.7 Å². The van der Waals surface area contributed by atoms with Crippen LogP contribution in [0.5, 0.6) is 51.7 Å². The molecule has 0 bridgehead atoms. The van der Waals surface area contributed by atoms with Crippen LogP contribution in [0.2, 0.25) is 0 Å². The molecule has 0 fully saturated rings. The zero-order valence-electron chi connectivity index (χ0n) is 21.0. The van der Waals surface area contributed by atoms with Crippen LogP contribution in [-0.4, -0.2) is 64.0 Å². The minimum atomic E-state index is -1.58. The zero-order chi connectivity index (χ0) is 30.6. The Labute approximate surface area is 233 Å². The van der Waals surface area contributed by atoms with E-state index in [1.165, 1.54) is 0 Å². The number of hydrogen-bond acceptors (Lipinski definition) is 13. The van der Waals surface area contributed by atoms with Crippen molar-refractivity contribution in [1.29, 1.82) is 0 Å². The molecule has 1 aliphatic heterocycles. The Balaban J connectivity index is 1.75. The summed E-state index contributed by atoms with van der Waals surface area (Å²) in [6.07, 6.45) is -3.28. The van der Waals surface area contributed by atoms with Crippen LogP contribution in [0.4, 0.5) is 0 Å². The number of phenolic OH excluding ortho intramolecular Hbond substituents is 7. The van der Waals surface area contributed by atoms with Crippen molar-refractivity contribution in [2.45, 2.75) is 18.6 Å². The normalized spacial score (nSPS) is 15.9. The van der Waals surface area contributed by atoms with E-state index in [1.807, 2.05) is 0 Å². The van der Waals surface area contributed by atoms with Crippen molar-refractivity contribution in [2.24, 2.45) is 0 Å². The molecular weight excluding hydrogens is 560 g/mol. The third-order valence-corrected chi connectivity index (χ3v) is 6.69. The number of ether oxygens (including phenoxy) is 2. The average molecular weight is 580 g/mol. The number of rotatable bonds is 4. The molecule has 14 nitrogen and oxygen atoms in total. The third kappa shape index (κ3) is 4.56. The van der Waals surface area contributed by atoms with Gasteiger partial charge >= 0.3 is 11.9 Å². The summed E-state index contributed by atoms with van der Waals surface area (Å²) in [7, 11) is 0. The van der Waals surface area contributed by atoms with Crippen LogP contribution in [0.3, 0.4) is 0 Å². The van der Waals surface area contributed by atoms with Crippen LogP contribution < -0.4 is 10.2 Å². The van der Waals surface area contributed by atoms with Crippen LogP contribution >= 0.6 is 0 Å². The van der Waals surface area contributed by atoms with Gasteiger partial charge in [-0.15, -0.1) is 0 Å². The molecule has 14 heteroatoms. The van der Waals surface area contributed by atoms with Crippen LogP contribution in [-0.2, 0) is 11.2 Å². The standard InChI is InChI=1S/C28H20O14/c29-11-5-15(30)14-8-21(42-28(40)10-3-16(31)23(35)17(32)4-10)26(41-20(14)6-11)13-7-19(34)25(37)22-12(13)1-9(27(38)39)2-18(33)24(22)36/h1-7,21,26,29-32,34-35,37H,8H2,(H,33,36)(H,38,39). The average Bonchev–Trinajstić information content (AvgIpc) is 3.05. The minimum absolute atomic E-state index is 0.0621. The van der Waals surface area contributed by atoms with Crippen molar-refractivity contribution in [3.8, 4) is 51.7 Å². The number of carbonyl (C=O) groups is 2. The fourth-order valence-corrected chi connectivity index (χ4v) is 4.72. The molecule has 216 valence electrons. The van der Waals surface area contributed by atoms with Gasteiger partial charge in [-0.3, -0.25) is 4.79 Å². The third-order valence-electron chi connectivity index (χ3n) is 6.69. The van der Waals surface area contributed by atoms with E-state index < -0.39 is 92.1 Å². The van der Waals surface area contributed by atoms with Gasteiger partial charge in [0.1, 0.15) is 23.4 Å². The van der Waals surface area contributed by atoms with Gasteiger partial charge < -0.3 is 55.4 Å². The maximum atomic E-state index is 13.1. The number of carboxylic acids is 1. The first kappa shape index (κ1) is 27.5. The van der Waals surface area contributed by atoms with Crippen molar-refractivity contribution < 1.29 is 65.0 Å². The summed E-state index contributed by atoms with van der Waals surface area (Å²) in [5.74, 6) is -9.26. The van der Waals surface area contributed by atoms with Crippen molar-refractivity contribution in [3.63, 3.8) is 0 Å². The largest absolute Gasteiger partial charge is 0.508 e. The highest BCUT2D eigenvalue weighted by atomic mass is 16.6. The van der Waals surface area contributed by atoms with Gasteiger partial charge in [0.05, 0.1) is 16.5 Å². The molecular formula is C28H20O14. The van der Waals surface area contributed by atoms with Crippen LogP contribution in [0.25, 0.3) is 10.8 Å². The summed E-state index contributed by atoms with van der Waals surface area (Å²) >= 11 is 0. The highest BCUT2D eigenvalue weighted by Gasteiger charge is 2.38. The maximum Gasteiger partial charge on any atom is 0.338 e. The first-order chi connectivity index (χ1) is 19.8. The van der Waals surface area contributed by atoms with Gasteiger partial charge in [-0.05, 0) is 29.7 Å². The molecule has 42 heavy (non-hydrogen) atoms. The molecule has 0 aliphatic carbocycles. The summed E-state index contributed by atoms with van der Waals surface area (Å²) in [5, 5.41) is 90.0. The predicted octanol–water partition coefficient (Wildman–Crippen LogP) is 2.44. The fourth-order valence-electron chi connectivity index (χ4n) is 4.72. The van der Waals surface area contributed by atoms with Gasteiger partial charge in [-0.25, -0.2) is 9.59 Å². The number of carbonyl (C=O) groups excluding carboxylic acids is 1. The lowest BCUT2D eigenvalue weighted by atomic mass is 9.90. The Kier molecular flexibility index (Phi) is 6.45. The molecule has 1 heterocycles. The minimum Gasteiger partial charge on any atom is -0.508 e. The molecule has 2 unspecified atom stereocenters. The topological polar surface area (TPSA) is 252 Å². The highest BCUT2D eigenvalue weighted by molar-refractivity contribution is 6.01. The lowest BCUT2D eigenvalue weighted by molar-refractivity contribution is -0.0184. The summed E-state index contributed by atoms with van der Waals surface area (Å²) in [6.45, 7) is 0. The molecule has 0 saturated heterocycles. The molecule has 5 rings (SSSR count). The van der Waals surface area contributed by atoms with E-state index in [1.54, 1.807) is 0 Å². The molecule has 4 aromatic carbocycles. The second-order valence-electron chi connectivity index (χ2n) is 9.38. The number of benzene rings is 3. The number of fused-ring (bicyclic) bond motifs is 2. The number of hydrogen-bond donors (Lipinski definition) is 9. The molecule has 2 atom stereocenters. The van der Waals surface area contributed by atoms with Gasteiger partial charge in [-0.1, -0.05) is 0 Å². The molecule has 0 aromatic heterocycles. The Morgan fingerprint density at radius 3 is 2.02 bits per heavy atom. The smallest absolute Gasteiger partial charge is 0.338 e. The second kappa shape index (κ2) is 9.85. The van der Waals surface area contributed by atoms with E-state index >= 15 is 0 Å². The monoisotopic (exact) mass is 580 g/mol. The van der Waals surface area contributed by atoms with Crippen LogP contribution in [0.1, 0.15) is 37.9 Å². The predicted molar refractivity (Wildman–Crippen MR) is 140 cm³/mol. The van der Waals surface area contributed by atoms with E-state index in [4.69, 9.17) is 9.47 Å². The van der Waals surface area contributed by atoms with Crippen molar-refractivity contribution in [2.75, 3.05) is 0 Å². The molecule has 0 amide bonds. The Hall–Kier alpha value is -6.05. The number of carboxylic acid groups (broad SMARTS) is 1. The van der Waals surface area contributed by atoms with Gasteiger partial charge in [0, 0.05) is 35.7 Å². The fraction of sp³-hybridized carbons (Fsp3) is 0.107. The van der Waals surface area contributed by atoms with Crippen LogP contribution in [0, 0.1) is 0 Å². The lowest BCUT2D eigenvalue weighted by Crippen LogP contribution is -2.35. The Morgan fingerprint density at radius 2 is 1.38 bits per heavy atom. The van der Waals surface area contributed by atoms with Crippen LogP contribution in [0.15, 0.2) is 47.3 Å². The Morgan fingerprint density at radius 1 is 0.738 bits per heavy atom. The number of aromatic hydroxyl groups is 8. The Bertz CT molecular complexity index is 1860. The lowest BCUT2D eigenvalue weighted by Gasteiger charge is -2.34. The van der Waals surface area contributed by atoms with E-state index in [-0.39, 0.29) is 28.7 Å². The number of phenols is 7. The van der Waals surface area contributed by atoms with Crippen molar-refractivity contribution in [1.82, 2.24) is 0 Å².